The number of piperazine rings is 1. The molecule has 160 valence electrons. The van der Waals surface area contributed by atoms with E-state index in [4.69, 9.17) is 11.6 Å². The fraction of sp³-hybridized carbons (Fsp3) is 0.636. The molecule has 1 N–H and O–H groups in total. The zero-order chi connectivity index (χ0) is 21.0. The van der Waals surface area contributed by atoms with E-state index in [1.807, 2.05) is 24.0 Å². The molecule has 3 unspecified atom stereocenters. The number of piperidine rings is 1. The molecule has 0 aromatic heterocycles. The molecule has 0 saturated carbocycles. The number of amides is 2. The monoisotopic (exact) mass is 420 g/mol. The van der Waals surface area contributed by atoms with E-state index in [9.17, 15) is 9.59 Å². The first-order valence-corrected chi connectivity index (χ1v) is 11.0. The van der Waals surface area contributed by atoms with Gasteiger partial charge in [-0.3, -0.25) is 19.4 Å². The molecular formula is C22H33ClN4O2. The van der Waals surface area contributed by atoms with Gasteiger partial charge in [-0.2, -0.15) is 0 Å². The van der Waals surface area contributed by atoms with Crippen LogP contribution in [0.2, 0.25) is 5.02 Å². The van der Waals surface area contributed by atoms with Crippen molar-refractivity contribution in [2.75, 3.05) is 51.1 Å². The molecule has 2 saturated heterocycles. The van der Waals surface area contributed by atoms with E-state index >= 15 is 0 Å². The summed E-state index contributed by atoms with van der Waals surface area (Å²) in [5, 5.41) is 3.42. The predicted molar refractivity (Wildman–Crippen MR) is 117 cm³/mol. The molecule has 3 atom stereocenters. The largest absolute Gasteiger partial charge is 0.341 e. The van der Waals surface area contributed by atoms with Gasteiger partial charge in [0.1, 0.15) is 0 Å². The Morgan fingerprint density at radius 3 is 2.34 bits per heavy atom. The van der Waals surface area contributed by atoms with Crippen molar-refractivity contribution in [2.45, 2.75) is 33.2 Å². The highest BCUT2D eigenvalue weighted by Gasteiger charge is 2.32. The van der Waals surface area contributed by atoms with Crippen molar-refractivity contribution >= 4 is 29.1 Å². The lowest BCUT2D eigenvalue weighted by Crippen LogP contribution is -2.56. The third kappa shape index (κ3) is 5.93. The summed E-state index contributed by atoms with van der Waals surface area (Å²) in [6, 6.07) is 7.14. The molecule has 0 spiro atoms. The summed E-state index contributed by atoms with van der Waals surface area (Å²) < 4.78 is 0. The lowest BCUT2D eigenvalue weighted by molar-refractivity contribution is -0.140. The highest BCUT2D eigenvalue weighted by atomic mass is 35.5. The number of halogens is 1. The van der Waals surface area contributed by atoms with E-state index in [1.165, 1.54) is 6.42 Å². The molecule has 1 aromatic rings. The highest BCUT2D eigenvalue weighted by Crippen LogP contribution is 2.23. The molecular weight excluding hydrogens is 388 g/mol. The van der Waals surface area contributed by atoms with Crippen LogP contribution >= 0.6 is 11.6 Å². The van der Waals surface area contributed by atoms with Gasteiger partial charge in [0, 0.05) is 39.3 Å². The third-order valence-corrected chi connectivity index (χ3v) is 6.34. The zero-order valence-corrected chi connectivity index (χ0v) is 18.5. The van der Waals surface area contributed by atoms with E-state index in [0.29, 0.717) is 29.1 Å². The van der Waals surface area contributed by atoms with E-state index < -0.39 is 0 Å². The van der Waals surface area contributed by atoms with E-state index in [2.05, 4.69) is 29.0 Å². The number of likely N-dealkylation sites (tertiary alicyclic amines) is 1. The molecule has 2 fully saturated rings. The van der Waals surface area contributed by atoms with Gasteiger partial charge < -0.3 is 10.2 Å². The second-order valence-corrected chi connectivity index (χ2v) is 9.11. The lowest BCUT2D eigenvalue weighted by atomic mass is 9.91. The van der Waals surface area contributed by atoms with Gasteiger partial charge >= 0.3 is 0 Å². The molecule has 2 amide bonds. The van der Waals surface area contributed by atoms with Crippen LogP contribution in [0, 0.1) is 11.8 Å². The number of para-hydroxylation sites is 1. The minimum atomic E-state index is -0.105. The summed E-state index contributed by atoms with van der Waals surface area (Å²) in [5.74, 6) is 1.33. The van der Waals surface area contributed by atoms with Crippen LogP contribution < -0.4 is 5.32 Å². The maximum absolute atomic E-state index is 13.0. The van der Waals surface area contributed by atoms with Gasteiger partial charge in [-0.15, -0.1) is 0 Å². The molecule has 3 rings (SSSR count). The zero-order valence-electron chi connectivity index (χ0n) is 17.7. The first-order valence-electron chi connectivity index (χ1n) is 10.6. The van der Waals surface area contributed by atoms with Crippen LogP contribution in [0.3, 0.4) is 0 Å². The standard InChI is InChI=1S/C22H33ClN4O2/c1-16-12-17(2)14-27(13-16)22(29)18(3)26-10-8-25(9-11-26)15-21(28)24-20-7-5-4-6-19(20)23/h4-7,16-18H,8-15H2,1-3H3,(H,24,28). The van der Waals surface area contributed by atoms with E-state index in [0.717, 1.165) is 39.3 Å². The number of benzene rings is 1. The summed E-state index contributed by atoms with van der Waals surface area (Å²) in [6.45, 7) is 11.7. The molecule has 7 heteroatoms. The van der Waals surface area contributed by atoms with Gasteiger partial charge in [-0.1, -0.05) is 37.6 Å². The second-order valence-electron chi connectivity index (χ2n) is 8.71. The molecule has 29 heavy (non-hydrogen) atoms. The quantitative estimate of drug-likeness (QED) is 0.795. The number of nitrogens with zero attached hydrogens (tertiary/aromatic N) is 3. The topological polar surface area (TPSA) is 55.9 Å². The van der Waals surface area contributed by atoms with Crippen molar-refractivity contribution in [3.63, 3.8) is 0 Å². The molecule has 2 aliphatic rings. The van der Waals surface area contributed by atoms with Crippen LogP contribution in [0.1, 0.15) is 27.2 Å². The summed E-state index contributed by atoms with van der Waals surface area (Å²) in [5.41, 5.74) is 0.641. The van der Waals surface area contributed by atoms with Crippen LogP contribution in [0.25, 0.3) is 0 Å². The Morgan fingerprint density at radius 2 is 1.72 bits per heavy atom. The van der Waals surface area contributed by atoms with E-state index in [1.54, 1.807) is 12.1 Å². The Bertz CT molecular complexity index is 711. The predicted octanol–water partition coefficient (Wildman–Crippen LogP) is 2.79. The Hall–Kier alpha value is -1.63. The van der Waals surface area contributed by atoms with Crippen molar-refractivity contribution in [2.24, 2.45) is 11.8 Å². The minimum Gasteiger partial charge on any atom is -0.341 e. The molecule has 0 bridgehead atoms. The fourth-order valence-electron chi connectivity index (χ4n) is 4.53. The van der Waals surface area contributed by atoms with Crippen molar-refractivity contribution in [1.29, 1.82) is 0 Å². The first-order chi connectivity index (χ1) is 13.8. The number of hydrogen-bond acceptors (Lipinski definition) is 4. The third-order valence-electron chi connectivity index (χ3n) is 6.01. The maximum atomic E-state index is 13.0. The van der Waals surface area contributed by atoms with Crippen LogP contribution in [-0.4, -0.2) is 78.4 Å². The minimum absolute atomic E-state index is 0.0630. The molecule has 0 aliphatic carbocycles. The van der Waals surface area contributed by atoms with E-state index in [-0.39, 0.29) is 17.9 Å². The van der Waals surface area contributed by atoms with Crippen LogP contribution in [-0.2, 0) is 9.59 Å². The summed E-state index contributed by atoms with van der Waals surface area (Å²) >= 11 is 6.11. The van der Waals surface area contributed by atoms with Gasteiger partial charge in [0.15, 0.2) is 0 Å². The molecule has 2 heterocycles. The smallest absolute Gasteiger partial charge is 0.239 e. The van der Waals surface area contributed by atoms with Gasteiger partial charge in [-0.05, 0) is 37.3 Å². The molecule has 1 aromatic carbocycles. The van der Waals surface area contributed by atoms with Gasteiger partial charge in [0.25, 0.3) is 0 Å². The number of carbonyl (C=O) groups excluding carboxylic acids is 2. The number of hydrogen-bond donors (Lipinski definition) is 1. The summed E-state index contributed by atoms with van der Waals surface area (Å²) in [4.78, 5) is 31.7. The van der Waals surface area contributed by atoms with Gasteiger partial charge in [0.2, 0.25) is 11.8 Å². The number of rotatable bonds is 5. The van der Waals surface area contributed by atoms with Crippen molar-refractivity contribution in [1.82, 2.24) is 14.7 Å². The Morgan fingerprint density at radius 1 is 1.10 bits per heavy atom. The van der Waals surface area contributed by atoms with Gasteiger partial charge in [-0.25, -0.2) is 0 Å². The molecule has 0 radical (unpaired) electrons. The summed E-state index contributed by atoms with van der Waals surface area (Å²) in [6.07, 6.45) is 1.20. The van der Waals surface area contributed by atoms with Crippen molar-refractivity contribution < 1.29 is 9.59 Å². The number of nitrogens with one attached hydrogen (secondary N) is 1. The Balaban J connectivity index is 1.45. The average molecular weight is 421 g/mol. The first kappa shape index (κ1) is 22.1. The van der Waals surface area contributed by atoms with Crippen molar-refractivity contribution in [3.05, 3.63) is 29.3 Å². The lowest BCUT2D eigenvalue weighted by Gasteiger charge is -2.41. The van der Waals surface area contributed by atoms with Crippen molar-refractivity contribution in [3.8, 4) is 0 Å². The number of carbonyl (C=O) groups is 2. The fourth-order valence-corrected chi connectivity index (χ4v) is 4.71. The summed E-state index contributed by atoms with van der Waals surface area (Å²) in [7, 11) is 0. The van der Waals surface area contributed by atoms with Crippen LogP contribution in [0.15, 0.2) is 24.3 Å². The average Bonchev–Trinajstić information content (AvgIpc) is 2.68. The molecule has 6 nitrogen and oxygen atoms in total. The Kier molecular flexibility index (Phi) is 7.55. The normalized spacial score (nSPS) is 24.9. The maximum Gasteiger partial charge on any atom is 0.239 e. The molecule has 2 aliphatic heterocycles. The second kappa shape index (κ2) is 9.92. The SMILES string of the molecule is CC1CC(C)CN(C(=O)C(C)N2CCN(CC(=O)Nc3ccccc3Cl)CC2)C1. The van der Waals surface area contributed by atoms with Gasteiger partial charge in [0.05, 0.1) is 23.3 Å². The number of anilines is 1. The van der Waals surface area contributed by atoms with Crippen LogP contribution in [0.4, 0.5) is 5.69 Å². The Labute approximate surface area is 179 Å². The van der Waals surface area contributed by atoms with Crippen LogP contribution in [0.5, 0.6) is 0 Å². The highest BCUT2D eigenvalue weighted by molar-refractivity contribution is 6.33.